The van der Waals surface area contributed by atoms with Gasteiger partial charge in [0.05, 0.1) is 6.54 Å². The van der Waals surface area contributed by atoms with Gasteiger partial charge >= 0.3 is 0 Å². The van der Waals surface area contributed by atoms with Gasteiger partial charge in [-0.1, -0.05) is 13.0 Å². The third-order valence-electron chi connectivity index (χ3n) is 3.14. The lowest BCUT2D eigenvalue weighted by atomic mass is 10.2. The van der Waals surface area contributed by atoms with E-state index in [1.54, 1.807) is 11.4 Å². The minimum Gasteiger partial charge on any atom is -0.355 e. The van der Waals surface area contributed by atoms with Crippen LogP contribution in [0.4, 0.5) is 5.69 Å². The number of hydrogen-bond donors (Lipinski definition) is 3. The van der Waals surface area contributed by atoms with Crippen LogP contribution in [0.15, 0.2) is 46.0 Å². The molecule has 1 heterocycles. The second-order valence-corrected chi connectivity index (χ2v) is 8.00. The van der Waals surface area contributed by atoms with Gasteiger partial charge in [0.25, 0.3) is 15.9 Å². The monoisotopic (exact) mass is 381 g/mol. The summed E-state index contributed by atoms with van der Waals surface area (Å²) in [6.07, 6.45) is 0.822. The Morgan fingerprint density at radius 1 is 1.08 bits per heavy atom. The van der Waals surface area contributed by atoms with Crippen LogP contribution in [0.2, 0.25) is 0 Å². The van der Waals surface area contributed by atoms with Crippen molar-refractivity contribution in [2.24, 2.45) is 0 Å². The Labute approximate surface area is 150 Å². The van der Waals surface area contributed by atoms with Gasteiger partial charge in [-0.05, 0) is 42.1 Å². The lowest BCUT2D eigenvalue weighted by Crippen LogP contribution is -2.37. The molecule has 0 fully saturated rings. The minimum absolute atomic E-state index is 0.106. The largest absolute Gasteiger partial charge is 0.355 e. The second kappa shape index (κ2) is 8.63. The van der Waals surface area contributed by atoms with Crippen molar-refractivity contribution in [3.63, 3.8) is 0 Å². The molecule has 0 aliphatic rings. The first-order valence-electron chi connectivity index (χ1n) is 7.63. The van der Waals surface area contributed by atoms with Crippen LogP contribution in [-0.4, -0.2) is 33.3 Å². The Kier molecular flexibility index (Phi) is 6.54. The lowest BCUT2D eigenvalue weighted by molar-refractivity contribution is -0.120. The van der Waals surface area contributed by atoms with Crippen LogP contribution in [0.25, 0.3) is 0 Å². The highest BCUT2D eigenvalue weighted by Gasteiger charge is 2.15. The van der Waals surface area contributed by atoms with Gasteiger partial charge in [-0.25, -0.2) is 8.42 Å². The smallest absolute Gasteiger partial charge is 0.271 e. The molecule has 1 aromatic carbocycles. The van der Waals surface area contributed by atoms with Gasteiger partial charge in [0, 0.05) is 17.8 Å². The number of nitrogens with one attached hydrogen (secondary N) is 3. The van der Waals surface area contributed by atoms with Gasteiger partial charge in [0.15, 0.2) is 0 Å². The molecule has 0 bridgehead atoms. The SMILES string of the molecule is CCCNC(=O)CNC(=O)c1ccc(NS(=O)(=O)c2cccs2)cc1. The topological polar surface area (TPSA) is 104 Å². The van der Waals surface area contributed by atoms with Gasteiger partial charge < -0.3 is 10.6 Å². The maximum absolute atomic E-state index is 12.1. The molecule has 0 unspecified atom stereocenters. The molecular weight excluding hydrogens is 362 g/mol. The van der Waals surface area contributed by atoms with Crippen molar-refractivity contribution in [2.75, 3.05) is 17.8 Å². The molecule has 134 valence electrons. The van der Waals surface area contributed by atoms with Crippen molar-refractivity contribution in [3.8, 4) is 0 Å². The van der Waals surface area contributed by atoms with Gasteiger partial charge in [-0.15, -0.1) is 11.3 Å². The highest BCUT2D eigenvalue weighted by atomic mass is 32.2. The van der Waals surface area contributed by atoms with Crippen molar-refractivity contribution >= 4 is 38.9 Å². The lowest BCUT2D eigenvalue weighted by Gasteiger charge is -2.08. The predicted octanol–water partition coefficient (Wildman–Crippen LogP) is 1.80. The first-order valence-corrected chi connectivity index (χ1v) is 10.00. The summed E-state index contributed by atoms with van der Waals surface area (Å²) in [5.74, 6) is -0.658. The third-order valence-corrected chi connectivity index (χ3v) is 5.92. The number of anilines is 1. The van der Waals surface area contributed by atoms with Crippen molar-refractivity contribution in [3.05, 3.63) is 47.3 Å². The van der Waals surface area contributed by atoms with Gasteiger partial charge in [-0.2, -0.15) is 0 Å². The zero-order valence-electron chi connectivity index (χ0n) is 13.6. The van der Waals surface area contributed by atoms with Crippen LogP contribution in [0.3, 0.4) is 0 Å². The van der Waals surface area contributed by atoms with E-state index < -0.39 is 15.9 Å². The molecule has 0 aliphatic heterocycles. The minimum atomic E-state index is -3.62. The average Bonchev–Trinajstić information content (AvgIpc) is 3.13. The molecule has 9 heteroatoms. The van der Waals surface area contributed by atoms with E-state index >= 15 is 0 Å². The van der Waals surface area contributed by atoms with E-state index in [2.05, 4.69) is 15.4 Å². The number of thiophene rings is 1. The average molecular weight is 381 g/mol. The van der Waals surface area contributed by atoms with Gasteiger partial charge in [0.2, 0.25) is 5.91 Å². The molecule has 0 aliphatic carbocycles. The number of amides is 2. The number of sulfonamides is 1. The van der Waals surface area contributed by atoms with Crippen molar-refractivity contribution in [2.45, 2.75) is 17.6 Å². The quantitative estimate of drug-likeness (QED) is 0.648. The highest BCUT2D eigenvalue weighted by molar-refractivity contribution is 7.94. The summed E-state index contributed by atoms with van der Waals surface area (Å²) in [6, 6.07) is 9.15. The van der Waals surface area contributed by atoms with Crippen LogP contribution in [0.1, 0.15) is 23.7 Å². The first-order chi connectivity index (χ1) is 11.9. The molecule has 25 heavy (non-hydrogen) atoms. The number of carbonyl (C=O) groups excluding carboxylic acids is 2. The number of rotatable bonds is 8. The highest BCUT2D eigenvalue weighted by Crippen LogP contribution is 2.20. The van der Waals surface area contributed by atoms with E-state index in [0.29, 0.717) is 17.8 Å². The van der Waals surface area contributed by atoms with Gasteiger partial charge in [-0.3, -0.25) is 14.3 Å². The third kappa shape index (κ3) is 5.57. The Morgan fingerprint density at radius 3 is 2.40 bits per heavy atom. The van der Waals surface area contributed by atoms with Crippen LogP contribution < -0.4 is 15.4 Å². The van der Waals surface area contributed by atoms with Crippen LogP contribution in [0, 0.1) is 0 Å². The Hall–Kier alpha value is -2.39. The summed E-state index contributed by atoms with van der Waals surface area (Å²) >= 11 is 1.12. The van der Waals surface area contributed by atoms with E-state index in [-0.39, 0.29) is 16.7 Å². The molecule has 0 saturated heterocycles. The fourth-order valence-corrected chi connectivity index (χ4v) is 3.95. The fraction of sp³-hybridized carbons (Fsp3) is 0.250. The van der Waals surface area contributed by atoms with E-state index in [1.807, 2.05) is 6.92 Å². The molecule has 0 atom stereocenters. The summed E-state index contributed by atoms with van der Waals surface area (Å²) in [5, 5.41) is 6.85. The Balaban J connectivity index is 1.93. The molecule has 1 aromatic heterocycles. The van der Waals surface area contributed by atoms with E-state index in [9.17, 15) is 18.0 Å². The zero-order chi connectivity index (χ0) is 18.3. The predicted molar refractivity (Wildman–Crippen MR) is 97.2 cm³/mol. The molecule has 0 saturated carbocycles. The molecule has 2 amide bonds. The van der Waals surface area contributed by atoms with Crippen molar-refractivity contribution in [1.29, 1.82) is 0 Å². The standard InChI is InChI=1S/C16H19N3O4S2/c1-2-9-17-14(20)11-18-16(21)12-5-7-13(8-6-12)19-25(22,23)15-4-3-10-24-15/h3-8,10,19H,2,9,11H2,1H3,(H,17,20)(H,18,21). The summed E-state index contributed by atoms with van der Waals surface area (Å²) in [5.41, 5.74) is 0.688. The van der Waals surface area contributed by atoms with Crippen molar-refractivity contribution in [1.82, 2.24) is 10.6 Å². The van der Waals surface area contributed by atoms with Crippen LogP contribution in [0.5, 0.6) is 0 Å². The normalized spacial score (nSPS) is 10.9. The van der Waals surface area contributed by atoms with E-state index in [0.717, 1.165) is 17.8 Å². The zero-order valence-corrected chi connectivity index (χ0v) is 15.2. The first kappa shape index (κ1) is 18.9. The fourth-order valence-electron chi connectivity index (χ4n) is 1.90. The Bertz CT molecular complexity index is 816. The maximum atomic E-state index is 12.1. The molecule has 0 radical (unpaired) electrons. The number of benzene rings is 1. The van der Waals surface area contributed by atoms with E-state index in [4.69, 9.17) is 0 Å². The molecule has 2 rings (SSSR count). The molecule has 7 nitrogen and oxygen atoms in total. The molecule has 3 N–H and O–H groups in total. The summed E-state index contributed by atoms with van der Waals surface area (Å²) in [6.45, 7) is 2.40. The number of hydrogen-bond acceptors (Lipinski definition) is 5. The summed E-state index contributed by atoms with van der Waals surface area (Å²) in [7, 11) is -3.62. The van der Waals surface area contributed by atoms with Crippen molar-refractivity contribution < 1.29 is 18.0 Å². The number of carbonyl (C=O) groups is 2. The van der Waals surface area contributed by atoms with E-state index in [1.165, 1.54) is 30.3 Å². The molecule has 0 spiro atoms. The summed E-state index contributed by atoms with van der Waals surface area (Å²) < 4.78 is 26.9. The second-order valence-electron chi connectivity index (χ2n) is 5.15. The molecule has 2 aromatic rings. The van der Waals surface area contributed by atoms with Crippen LogP contribution >= 0.6 is 11.3 Å². The maximum Gasteiger partial charge on any atom is 0.271 e. The Morgan fingerprint density at radius 2 is 1.80 bits per heavy atom. The summed E-state index contributed by atoms with van der Waals surface area (Å²) in [4.78, 5) is 23.4. The van der Waals surface area contributed by atoms with Gasteiger partial charge in [0.1, 0.15) is 4.21 Å². The molecular formula is C16H19N3O4S2. The van der Waals surface area contributed by atoms with Crippen LogP contribution in [-0.2, 0) is 14.8 Å².